The molecule has 0 saturated heterocycles. The lowest BCUT2D eigenvalue weighted by Crippen LogP contribution is -2.41. The van der Waals surface area contributed by atoms with Gasteiger partial charge in [-0.1, -0.05) is 30.8 Å². The molecule has 1 saturated carbocycles. The van der Waals surface area contributed by atoms with Crippen molar-refractivity contribution in [2.45, 2.75) is 51.5 Å². The van der Waals surface area contributed by atoms with E-state index >= 15 is 0 Å². The predicted octanol–water partition coefficient (Wildman–Crippen LogP) is 1.76. The Labute approximate surface area is 111 Å². The number of aromatic nitrogens is 1. The van der Waals surface area contributed by atoms with Crippen molar-refractivity contribution in [1.82, 2.24) is 10.5 Å². The number of carbonyl (C=O) groups is 2. The van der Waals surface area contributed by atoms with E-state index in [1.54, 1.807) is 13.0 Å². The first-order chi connectivity index (χ1) is 9.15. The average Bonchev–Trinajstić information content (AvgIpc) is 2.64. The second kappa shape index (κ2) is 6.36. The quantitative estimate of drug-likeness (QED) is 0.630. The Morgan fingerprint density at radius 1 is 1.21 bits per heavy atom. The molecule has 2 amide bonds. The number of carbonyl (C=O) groups excluding carboxylic acids is 2. The molecule has 1 aliphatic rings. The number of anilines is 1. The van der Waals surface area contributed by atoms with Gasteiger partial charge >= 0.3 is 11.8 Å². The van der Waals surface area contributed by atoms with Gasteiger partial charge in [-0.05, 0) is 19.8 Å². The third-order valence-electron chi connectivity index (χ3n) is 3.27. The topological polar surface area (TPSA) is 84.2 Å². The zero-order chi connectivity index (χ0) is 13.7. The monoisotopic (exact) mass is 265 g/mol. The first kappa shape index (κ1) is 13.6. The van der Waals surface area contributed by atoms with Crippen LogP contribution >= 0.6 is 0 Å². The molecular formula is C13H19N3O3. The Balaban J connectivity index is 1.83. The summed E-state index contributed by atoms with van der Waals surface area (Å²) in [4.78, 5) is 23.4. The van der Waals surface area contributed by atoms with Crippen LogP contribution in [0.5, 0.6) is 0 Å². The summed E-state index contributed by atoms with van der Waals surface area (Å²) in [5.74, 6) is -0.455. The van der Waals surface area contributed by atoms with E-state index < -0.39 is 11.8 Å². The van der Waals surface area contributed by atoms with Crippen molar-refractivity contribution in [3.63, 3.8) is 0 Å². The fourth-order valence-electron chi connectivity index (χ4n) is 2.27. The van der Waals surface area contributed by atoms with Crippen LogP contribution in [-0.2, 0) is 9.59 Å². The van der Waals surface area contributed by atoms with Crippen LogP contribution < -0.4 is 10.6 Å². The highest BCUT2D eigenvalue weighted by Gasteiger charge is 2.20. The van der Waals surface area contributed by atoms with E-state index in [-0.39, 0.29) is 11.9 Å². The summed E-state index contributed by atoms with van der Waals surface area (Å²) in [5, 5.41) is 8.80. The average molecular weight is 265 g/mol. The molecule has 1 aliphatic carbocycles. The lowest BCUT2D eigenvalue weighted by atomic mass is 10.1. The molecule has 104 valence electrons. The molecule has 1 heterocycles. The van der Waals surface area contributed by atoms with Crippen LogP contribution in [0.2, 0.25) is 0 Å². The third kappa shape index (κ3) is 4.08. The van der Waals surface area contributed by atoms with E-state index in [1.165, 1.54) is 12.8 Å². The third-order valence-corrected chi connectivity index (χ3v) is 3.27. The minimum absolute atomic E-state index is 0.111. The van der Waals surface area contributed by atoms with E-state index in [4.69, 9.17) is 4.52 Å². The fraction of sp³-hybridized carbons (Fsp3) is 0.615. The van der Waals surface area contributed by atoms with Crippen molar-refractivity contribution in [3.8, 4) is 0 Å². The molecule has 19 heavy (non-hydrogen) atoms. The number of hydrogen-bond donors (Lipinski definition) is 2. The van der Waals surface area contributed by atoms with Crippen LogP contribution in [0.25, 0.3) is 0 Å². The summed E-state index contributed by atoms with van der Waals surface area (Å²) in [6.07, 6.45) is 6.52. The number of amides is 2. The van der Waals surface area contributed by atoms with Crippen molar-refractivity contribution in [2.24, 2.45) is 0 Å². The summed E-state index contributed by atoms with van der Waals surface area (Å²) < 4.78 is 4.82. The van der Waals surface area contributed by atoms with Gasteiger partial charge in [-0.15, -0.1) is 0 Å². The predicted molar refractivity (Wildman–Crippen MR) is 69.5 cm³/mol. The Hall–Kier alpha value is -1.85. The Kier molecular flexibility index (Phi) is 4.54. The number of nitrogens with one attached hydrogen (secondary N) is 2. The molecule has 0 spiro atoms. The number of nitrogens with zero attached hydrogens (tertiary/aromatic N) is 1. The molecule has 0 bridgehead atoms. The minimum atomic E-state index is -0.697. The van der Waals surface area contributed by atoms with Gasteiger partial charge in [-0.3, -0.25) is 14.9 Å². The second-order valence-electron chi connectivity index (χ2n) is 4.94. The highest BCUT2D eigenvalue weighted by molar-refractivity contribution is 6.39. The summed E-state index contributed by atoms with van der Waals surface area (Å²) >= 11 is 0. The van der Waals surface area contributed by atoms with Gasteiger partial charge < -0.3 is 9.84 Å². The van der Waals surface area contributed by atoms with E-state index in [0.717, 1.165) is 25.7 Å². The maximum Gasteiger partial charge on any atom is 0.314 e. The maximum atomic E-state index is 11.8. The minimum Gasteiger partial charge on any atom is -0.360 e. The molecule has 6 heteroatoms. The summed E-state index contributed by atoms with van der Waals surface area (Å²) in [7, 11) is 0. The zero-order valence-corrected chi connectivity index (χ0v) is 11.1. The number of hydrogen-bond acceptors (Lipinski definition) is 4. The fourth-order valence-corrected chi connectivity index (χ4v) is 2.27. The maximum absolute atomic E-state index is 11.8. The summed E-state index contributed by atoms with van der Waals surface area (Å²) in [5.41, 5.74) is 0. The van der Waals surface area contributed by atoms with Crippen molar-refractivity contribution < 1.29 is 14.1 Å². The highest BCUT2D eigenvalue weighted by Crippen LogP contribution is 2.17. The normalized spacial score (nSPS) is 16.7. The van der Waals surface area contributed by atoms with Gasteiger partial charge in [0.1, 0.15) is 5.76 Å². The molecule has 0 radical (unpaired) electrons. The van der Waals surface area contributed by atoms with Crippen LogP contribution in [0.4, 0.5) is 5.82 Å². The molecule has 1 aromatic rings. The van der Waals surface area contributed by atoms with Crippen molar-refractivity contribution in [3.05, 3.63) is 11.8 Å². The zero-order valence-electron chi connectivity index (χ0n) is 11.1. The lowest BCUT2D eigenvalue weighted by Gasteiger charge is -2.15. The molecule has 6 nitrogen and oxygen atoms in total. The van der Waals surface area contributed by atoms with Crippen LogP contribution in [0.15, 0.2) is 10.6 Å². The lowest BCUT2D eigenvalue weighted by molar-refractivity contribution is -0.136. The molecule has 0 unspecified atom stereocenters. The van der Waals surface area contributed by atoms with Crippen molar-refractivity contribution in [2.75, 3.05) is 5.32 Å². The number of aryl methyl sites for hydroxylation is 1. The molecular weight excluding hydrogens is 246 g/mol. The van der Waals surface area contributed by atoms with Gasteiger partial charge in [0.05, 0.1) is 0 Å². The molecule has 0 aromatic carbocycles. The summed E-state index contributed by atoms with van der Waals surface area (Å²) in [6, 6.07) is 1.68. The van der Waals surface area contributed by atoms with E-state index in [2.05, 4.69) is 15.8 Å². The van der Waals surface area contributed by atoms with E-state index in [1.807, 2.05) is 0 Å². The summed E-state index contributed by atoms with van der Waals surface area (Å²) in [6.45, 7) is 1.72. The second-order valence-corrected chi connectivity index (χ2v) is 4.94. The van der Waals surface area contributed by atoms with E-state index in [9.17, 15) is 9.59 Å². The van der Waals surface area contributed by atoms with Crippen molar-refractivity contribution >= 4 is 17.6 Å². The highest BCUT2D eigenvalue weighted by atomic mass is 16.5. The van der Waals surface area contributed by atoms with Gasteiger partial charge in [0.2, 0.25) is 0 Å². The van der Waals surface area contributed by atoms with E-state index in [0.29, 0.717) is 5.76 Å². The molecule has 0 atom stereocenters. The van der Waals surface area contributed by atoms with Gasteiger partial charge in [-0.25, -0.2) is 0 Å². The molecule has 2 N–H and O–H groups in total. The van der Waals surface area contributed by atoms with Gasteiger partial charge in [0.15, 0.2) is 5.82 Å². The molecule has 0 aliphatic heterocycles. The van der Waals surface area contributed by atoms with Crippen molar-refractivity contribution in [1.29, 1.82) is 0 Å². The Morgan fingerprint density at radius 3 is 2.47 bits per heavy atom. The van der Waals surface area contributed by atoms with Crippen LogP contribution in [0.3, 0.4) is 0 Å². The molecule has 1 aromatic heterocycles. The Bertz CT molecular complexity index is 448. The SMILES string of the molecule is Cc1cc(NC(=O)C(=O)NC2CCCCCC2)no1. The standard InChI is InChI=1S/C13H19N3O3/c1-9-8-11(16-19-9)15-13(18)12(17)14-10-6-4-2-3-5-7-10/h8,10H,2-7H2,1H3,(H,14,17)(H,15,16,18). The number of rotatable bonds is 2. The first-order valence-corrected chi connectivity index (χ1v) is 6.70. The van der Waals surface area contributed by atoms with Crippen LogP contribution in [0, 0.1) is 6.92 Å². The first-order valence-electron chi connectivity index (χ1n) is 6.70. The van der Waals surface area contributed by atoms with Gasteiger partial charge in [0, 0.05) is 12.1 Å². The largest absolute Gasteiger partial charge is 0.360 e. The van der Waals surface area contributed by atoms with Crippen LogP contribution in [0.1, 0.15) is 44.3 Å². The van der Waals surface area contributed by atoms with Gasteiger partial charge in [0.25, 0.3) is 0 Å². The smallest absolute Gasteiger partial charge is 0.314 e. The Morgan fingerprint density at radius 2 is 1.89 bits per heavy atom. The van der Waals surface area contributed by atoms with Crippen LogP contribution in [-0.4, -0.2) is 23.0 Å². The molecule has 1 fully saturated rings. The molecule has 2 rings (SSSR count). The van der Waals surface area contributed by atoms with Gasteiger partial charge in [-0.2, -0.15) is 0 Å².